The van der Waals surface area contributed by atoms with Crippen molar-refractivity contribution in [2.24, 2.45) is 11.1 Å². The maximum Gasteiger partial charge on any atom is 0.227 e. The van der Waals surface area contributed by atoms with Crippen LogP contribution in [0.4, 0.5) is 0 Å². The molecule has 3 heteroatoms. The molecule has 0 saturated carbocycles. The minimum atomic E-state index is -0.626. The van der Waals surface area contributed by atoms with Gasteiger partial charge in [-0.2, -0.15) is 0 Å². The van der Waals surface area contributed by atoms with Crippen molar-refractivity contribution in [1.29, 1.82) is 0 Å². The smallest absolute Gasteiger partial charge is 0.227 e. The van der Waals surface area contributed by atoms with E-state index in [1.54, 1.807) is 0 Å². The first-order valence-corrected chi connectivity index (χ1v) is 7.14. The fourth-order valence-corrected chi connectivity index (χ4v) is 1.97. The van der Waals surface area contributed by atoms with Crippen molar-refractivity contribution in [2.45, 2.75) is 60.0 Å². The van der Waals surface area contributed by atoms with E-state index in [4.69, 9.17) is 5.73 Å². The van der Waals surface area contributed by atoms with Gasteiger partial charge in [-0.3, -0.25) is 4.79 Å². The Morgan fingerprint density at radius 1 is 1.20 bits per heavy atom. The zero-order chi connectivity index (χ0) is 15.7. The summed E-state index contributed by atoms with van der Waals surface area (Å²) in [6.07, 6.45) is 0. The average Bonchev–Trinajstić information content (AvgIpc) is 2.30. The molecule has 1 amide bonds. The minimum Gasteiger partial charge on any atom is -0.349 e. The molecule has 1 aromatic rings. The number of aryl methyl sites for hydroxylation is 2. The van der Waals surface area contributed by atoms with Crippen LogP contribution in [-0.4, -0.2) is 11.4 Å². The Balaban J connectivity index is 2.94. The molecule has 0 aliphatic carbocycles. The van der Waals surface area contributed by atoms with Crippen LogP contribution in [0, 0.1) is 19.3 Å². The van der Waals surface area contributed by atoms with Crippen LogP contribution < -0.4 is 11.1 Å². The van der Waals surface area contributed by atoms with E-state index >= 15 is 0 Å². The van der Waals surface area contributed by atoms with Crippen molar-refractivity contribution >= 4 is 5.91 Å². The van der Waals surface area contributed by atoms with Gasteiger partial charge in [0, 0.05) is 5.54 Å². The Hall–Kier alpha value is -1.35. The molecule has 0 radical (unpaired) electrons. The van der Waals surface area contributed by atoms with Gasteiger partial charge in [0.15, 0.2) is 0 Å². The molecule has 1 atom stereocenters. The maximum absolute atomic E-state index is 12.5. The van der Waals surface area contributed by atoms with E-state index in [1.165, 1.54) is 11.1 Å². The number of hydrogen-bond donors (Lipinski definition) is 2. The molecule has 0 fully saturated rings. The molecule has 3 N–H and O–H groups in total. The van der Waals surface area contributed by atoms with E-state index in [9.17, 15) is 4.79 Å². The van der Waals surface area contributed by atoms with Gasteiger partial charge in [-0.15, -0.1) is 0 Å². The van der Waals surface area contributed by atoms with E-state index in [1.807, 2.05) is 34.6 Å². The first-order chi connectivity index (χ1) is 8.96. The molecule has 20 heavy (non-hydrogen) atoms. The van der Waals surface area contributed by atoms with E-state index in [2.05, 4.69) is 37.4 Å². The van der Waals surface area contributed by atoms with Gasteiger partial charge >= 0.3 is 0 Å². The van der Waals surface area contributed by atoms with E-state index in [-0.39, 0.29) is 11.9 Å². The Morgan fingerprint density at radius 3 is 2.25 bits per heavy atom. The second-order valence-corrected chi connectivity index (χ2v) is 6.90. The molecular formula is C17H28N2O. The normalized spacial score (nSPS) is 14.0. The van der Waals surface area contributed by atoms with Crippen molar-refractivity contribution < 1.29 is 4.79 Å². The maximum atomic E-state index is 12.5. The Morgan fingerprint density at radius 2 is 1.75 bits per heavy atom. The number of nitrogens with two attached hydrogens (primary N) is 1. The van der Waals surface area contributed by atoms with Crippen LogP contribution in [0.25, 0.3) is 0 Å². The van der Waals surface area contributed by atoms with Gasteiger partial charge in [0.25, 0.3) is 0 Å². The molecule has 0 aliphatic heterocycles. The van der Waals surface area contributed by atoms with Gasteiger partial charge in [0.1, 0.15) is 0 Å². The minimum absolute atomic E-state index is 0.0154. The fraction of sp³-hybridized carbons (Fsp3) is 0.588. The first kappa shape index (κ1) is 16.7. The standard InChI is InChI=1S/C17H28N2O/c1-11-8-9-12(2)14(10-11)13(3)19-15(20)16(4,5)17(6,7)18/h8-10,13H,18H2,1-7H3,(H,19,20). The third-order valence-electron chi connectivity index (χ3n) is 4.43. The lowest BCUT2D eigenvalue weighted by molar-refractivity contribution is -0.132. The Bertz CT molecular complexity index is 498. The van der Waals surface area contributed by atoms with Crippen LogP contribution in [0.2, 0.25) is 0 Å². The molecular weight excluding hydrogens is 248 g/mol. The van der Waals surface area contributed by atoms with Crippen LogP contribution in [0.3, 0.4) is 0 Å². The Labute approximate surface area is 122 Å². The van der Waals surface area contributed by atoms with Crippen molar-refractivity contribution in [3.63, 3.8) is 0 Å². The summed E-state index contributed by atoms with van der Waals surface area (Å²) in [7, 11) is 0. The van der Waals surface area contributed by atoms with Gasteiger partial charge in [0.2, 0.25) is 5.91 Å². The van der Waals surface area contributed by atoms with Crippen LogP contribution in [0.1, 0.15) is 57.4 Å². The van der Waals surface area contributed by atoms with Gasteiger partial charge < -0.3 is 11.1 Å². The van der Waals surface area contributed by atoms with Crippen LogP contribution in [0.15, 0.2) is 18.2 Å². The summed E-state index contributed by atoms with van der Waals surface area (Å²) in [6.45, 7) is 13.7. The highest BCUT2D eigenvalue weighted by atomic mass is 16.2. The number of rotatable bonds is 4. The third-order valence-corrected chi connectivity index (χ3v) is 4.43. The summed E-state index contributed by atoms with van der Waals surface area (Å²) in [5.74, 6) is -0.0154. The van der Waals surface area contributed by atoms with Crippen molar-refractivity contribution in [3.05, 3.63) is 34.9 Å². The number of hydrogen-bond acceptors (Lipinski definition) is 2. The molecule has 0 bridgehead atoms. The molecule has 112 valence electrons. The lowest BCUT2D eigenvalue weighted by Gasteiger charge is -2.37. The lowest BCUT2D eigenvalue weighted by Crippen LogP contribution is -2.55. The van der Waals surface area contributed by atoms with Gasteiger partial charge in [-0.1, -0.05) is 23.8 Å². The molecule has 0 aliphatic rings. The highest BCUT2D eigenvalue weighted by molar-refractivity contribution is 5.83. The number of carbonyl (C=O) groups excluding carboxylic acids is 1. The number of carbonyl (C=O) groups is 1. The van der Waals surface area contributed by atoms with Gasteiger partial charge in [0.05, 0.1) is 11.5 Å². The van der Waals surface area contributed by atoms with E-state index in [0.717, 1.165) is 5.56 Å². The molecule has 0 spiro atoms. The SMILES string of the molecule is Cc1ccc(C)c(C(C)NC(=O)C(C)(C)C(C)(C)N)c1. The van der Waals surface area contributed by atoms with Crippen LogP contribution in [-0.2, 0) is 4.79 Å². The number of benzene rings is 1. The molecule has 1 rings (SSSR count). The molecule has 1 aromatic carbocycles. The molecule has 0 heterocycles. The van der Waals surface area contributed by atoms with E-state index < -0.39 is 11.0 Å². The molecule has 0 saturated heterocycles. The summed E-state index contributed by atoms with van der Waals surface area (Å²) in [5.41, 5.74) is 8.47. The zero-order valence-electron chi connectivity index (χ0n) is 13.8. The van der Waals surface area contributed by atoms with Crippen molar-refractivity contribution in [2.75, 3.05) is 0 Å². The highest BCUT2D eigenvalue weighted by Gasteiger charge is 2.40. The topological polar surface area (TPSA) is 55.1 Å². The van der Waals surface area contributed by atoms with Gasteiger partial charge in [-0.25, -0.2) is 0 Å². The quantitative estimate of drug-likeness (QED) is 0.887. The van der Waals surface area contributed by atoms with Crippen molar-refractivity contribution in [1.82, 2.24) is 5.32 Å². The Kier molecular flexibility index (Phi) is 4.65. The highest BCUT2D eigenvalue weighted by Crippen LogP contribution is 2.30. The lowest BCUT2D eigenvalue weighted by atomic mass is 9.74. The summed E-state index contributed by atoms with van der Waals surface area (Å²) in [4.78, 5) is 12.5. The average molecular weight is 276 g/mol. The molecule has 1 unspecified atom stereocenters. The van der Waals surface area contributed by atoms with Gasteiger partial charge in [-0.05, 0) is 59.6 Å². The van der Waals surface area contributed by atoms with E-state index in [0.29, 0.717) is 0 Å². The van der Waals surface area contributed by atoms with Crippen LogP contribution >= 0.6 is 0 Å². The monoisotopic (exact) mass is 276 g/mol. The second kappa shape index (κ2) is 5.57. The predicted octanol–water partition coefficient (Wildman–Crippen LogP) is 3.24. The fourth-order valence-electron chi connectivity index (χ4n) is 1.97. The number of amides is 1. The summed E-state index contributed by atoms with van der Waals surface area (Å²) >= 11 is 0. The van der Waals surface area contributed by atoms with Crippen molar-refractivity contribution in [3.8, 4) is 0 Å². The largest absolute Gasteiger partial charge is 0.349 e. The summed E-state index contributed by atoms with van der Waals surface area (Å²) in [5, 5.41) is 3.09. The second-order valence-electron chi connectivity index (χ2n) is 6.90. The number of nitrogens with one attached hydrogen (secondary N) is 1. The zero-order valence-corrected chi connectivity index (χ0v) is 13.8. The summed E-state index contributed by atoms with van der Waals surface area (Å²) in [6, 6.07) is 6.27. The predicted molar refractivity (Wildman–Crippen MR) is 84.5 cm³/mol. The first-order valence-electron chi connectivity index (χ1n) is 7.14. The molecule has 3 nitrogen and oxygen atoms in total. The third kappa shape index (κ3) is 3.40. The van der Waals surface area contributed by atoms with Crippen LogP contribution in [0.5, 0.6) is 0 Å². The molecule has 0 aromatic heterocycles. The summed E-state index contributed by atoms with van der Waals surface area (Å²) < 4.78 is 0.